The summed E-state index contributed by atoms with van der Waals surface area (Å²) in [4.78, 5) is 24.6. The van der Waals surface area contributed by atoms with Gasteiger partial charge in [0, 0.05) is 36.6 Å². The molecule has 1 saturated heterocycles. The van der Waals surface area contributed by atoms with Crippen LogP contribution >= 0.6 is 0 Å². The lowest BCUT2D eigenvalue weighted by molar-refractivity contribution is -0.127. The van der Waals surface area contributed by atoms with Crippen LogP contribution in [0.4, 0.5) is 11.4 Å². The number of carbonyl (C=O) groups is 1. The van der Waals surface area contributed by atoms with Crippen LogP contribution in [0.2, 0.25) is 0 Å². The first kappa shape index (κ1) is 36.6. The van der Waals surface area contributed by atoms with Gasteiger partial charge in [0.2, 0.25) is 11.8 Å². The molecule has 0 bridgehead atoms. The molecule has 1 aliphatic heterocycles. The Morgan fingerprint density at radius 2 is 1.72 bits per heavy atom. The summed E-state index contributed by atoms with van der Waals surface area (Å²) in [6.07, 6.45) is 1.74. The third-order valence-electron chi connectivity index (χ3n) is 8.52. The Bertz CT molecular complexity index is 1870. The molecule has 50 heavy (non-hydrogen) atoms. The number of phenolic OH excluding ortho intramolecular Hbond substituents is 1. The van der Waals surface area contributed by atoms with E-state index in [1.807, 2.05) is 56.0 Å². The average molecular weight is 704 g/mol. The summed E-state index contributed by atoms with van der Waals surface area (Å²) in [5.41, 5.74) is 2.53. The number of aromatic nitrogens is 2. The van der Waals surface area contributed by atoms with Gasteiger partial charge in [-0.05, 0) is 58.9 Å². The van der Waals surface area contributed by atoms with E-state index in [1.54, 1.807) is 18.2 Å². The number of benzene rings is 3. The Kier molecular flexibility index (Phi) is 11.3. The van der Waals surface area contributed by atoms with Crippen LogP contribution < -0.4 is 19.5 Å². The van der Waals surface area contributed by atoms with Gasteiger partial charge in [-0.15, -0.1) is 0 Å². The lowest BCUT2D eigenvalue weighted by Crippen LogP contribution is -2.53. The Labute approximate surface area is 293 Å². The minimum atomic E-state index is -4.16. The van der Waals surface area contributed by atoms with Crippen molar-refractivity contribution in [2.24, 2.45) is 0 Å². The van der Waals surface area contributed by atoms with Crippen molar-refractivity contribution in [2.45, 2.75) is 63.0 Å². The van der Waals surface area contributed by atoms with E-state index in [0.717, 1.165) is 11.1 Å². The number of methoxy groups -OCH3 is 1. The smallest absolute Gasteiger partial charge is 0.262 e. The zero-order chi connectivity index (χ0) is 36.1. The average Bonchev–Trinajstić information content (AvgIpc) is 3.08. The van der Waals surface area contributed by atoms with Crippen LogP contribution in [0, 0.1) is 0 Å². The fourth-order valence-electron chi connectivity index (χ4n) is 5.73. The minimum Gasteiger partial charge on any atom is -0.504 e. The molecule has 1 aromatic heterocycles. The van der Waals surface area contributed by atoms with Crippen molar-refractivity contribution >= 4 is 27.3 Å². The first-order valence-corrected chi connectivity index (χ1v) is 17.9. The molecule has 13 heteroatoms. The topological polar surface area (TPSA) is 152 Å². The monoisotopic (exact) mass is 703 g/mol. The van der Waals surface area contributed by atoms with E-state index >= 15 is 0 Å². The zero-order valence-corrected chi connectivity index (χ0v) is 30.0. The van der Waals surface area contributed by atoms with Gasteiger partial charge in [-0.25, -0.2) is 18.4 Å². The normalized spacial score (nSPS) is 15.3. The molecule has 1 amide bonds. The Balaban J connectivity index is 1.60. The number of hydrogen-bond donors (Lipinski definition) is 3. The van der Waals surface area contributed by atoms with Crippen LogP contribution in [0.15, 0.2) is 84.1 Å². The maximum Gasteiger partial charge on any atom is 0.262 e. The summed E-state index contributed by atoms with van der Waals surface area (Å²) in [6, 6.07) is 17.8. The standard InChI is InChI=1S/C37H45N5O7S/c1-24(2)25-10-12-28(13-11-25)40-36(44)33(42-16-18-48-19-17-42)34(49-32-14-15-38-23-39-32)26-20-30(35(47-6)31(43)21-26)41-50(45,46)29-9-7-8-27(22-29)37(3,4)5/h7-15,20-24,33-34,41,43H,16-19H2,1-6H3,(H,40,44). The number of phenols is 1. The Morgan fingerprint density at radius 3 is 2.34 bits per heavy atom. The van der Waals surface area contributed by atoms with Gasteiger partial charge in [0.05, 0.1) is 30.9 Å². The summed E-state index contributed by atoms with van der Waals surface area (Å²) in [5, 5.41) is 14.3. The van der Waals surface area contributed by atoms with Crippen molar-refractivity contribution in [3.05, 3.63) is 95.9 Å². The predicted octanol–water partition coefficient (Wildman–Crippen LogP) is 5.87. The van der Waals surface area contributed by atoms with Gasteiger partial charge in [-0.2, -0.15) is 0 Å². The number of nitrogens with one attached hydrogen (secondary N) is 2. The molecule has 0 spiro atoms. The molecule has 2 heterocycles. The number of aromatic hydroxyl groups is 1. The second kappa shape index (κ2) is 15.4. The number of morpholine rings is 1. The summed E-state index contributed by atoms with van der Waals surface area (Å²) in [7, 11) is -2.83. The van der Waals surface area contributed by atoms with E-state index in [-0.39, 0.29) is 39.3 Å². The number of nitrogens with zero attached hydrogens (tertiary/aromatic N) is 3. The second-order valence-electron chi connectivity index (χ2n) is 13.4. The quantitative estimate of drug-likeness (QED) is 0.163. The first-order valence-electron chi connectivity index (χ1n) is 16.5. The highest BCUT2D eigenvalue weighted by molar-refractivity contribution is 7.92. The number of anilines is 2. The van der Waals surface area contributed by atoms with E-state index < -0.39 is 22.2 Å². The van der Waals surface area contributed by atoms with E-state index in [2.05, 4.69) is 33.9 Å². The summed E-state index contributed by atoms with van der Waals surface area (Å²) in [5.74, 6) is -0.327. The Hall–Kier alpha value is -4.72. The zero-order valence-electron chi connectivity index (χ0n) is 29.2. The first-order chi connectivity index (χ1) is 23.8. The highest BCUT2D eigenvalue weighted by atomic mass is 32.2. The molecule has 1 fully saturated rings. The van der Waals surface area contributed by atoms with E-state index in [4.69, 9.17) is 14.2 Å². The number of sulfonamides is 1. The summed E-state index contributed by atoms with van der Waals surface area (Å²) < 4.78 is 47.8. The molecule has 2 unspecified atom stereocenters. The predicted molar refractivity (Wildman–Crippen MR) is 191 cm³/mol. The molecular formula is C37H45N5O7S. The van der Waals surface area contributed by atoms with Gasteiger partial charge >= 0.3 is 0 Å². The minimum absolute atomic E-state index is 0.0367. The molecule has 3 aromatic carbocycles. The Morgan fingerprint density at radius 1 is 1.00 bits per heavy atom. The summed E-state index contributed by atoms with van der Waals surface area (Å²) >= 11 is 0. The highest BCUT2D eigenvalue weighted by Gasteiger charge is 2.39. The molecule has 266 valence electrons. The van der Waals surface area contributed by atoms with Crippen molar-refractivity contribution in [3.63, 3.8) is 0 Å². The van der Waals surface area contributed by atoms with Crippen LogP contribution in [-0.4, -0.2) is 73.8 Å². The van der Waals surface area contributed by atoms with E-state index in [1.165, 1.54) is 37.8 Å². The number of rotatable bonds is 12. The van der Waals surface area contributed by atoms with Gasteiger partial charge in [-0.1, -0.05) is 58.9 Å². The molecule has 12 nitrogen and oxygen atoms in total. The van der Waals surface area contributed by atoms with Crippen LogP contribution in [0.1, 0.15) is 63.3 Å². The molecule has 0 saturated carbocycles. The third-order valence-corrected chi connectivity index (χ3v) is 9.88. The van der Waals surface area contributed by atoms with Gasteiger partial charge in [0.1, 0.15) is 12.4 Å². The third kappa shape index (κ3) is 8.70. The highest BCUT2D eigenvalue weighted by Crippen LogP contribution is 2.41. The molecular weight excluding hydrogens is 659 g/mol. The molecule has 1 aliphatic rings. The van der Waals surface area contributed by atoms with Crippen molar-refractivity contribution < 1.29 is 32.5 Å². The fourth-order valence-corrected chi connectivity index (χ4v) is 6.83. The largest absolute Gasteiger partial charge is 0.504 e. The molecule has 5 rings (SSSR count). The van der Waals surface area contributed by atoms with Crippen molar-refractivity contribution in [1.82, 2.24) is 14.9 Å². The van der Waals surface area contributed by atoms with Crippen molar-refractivity contribution in [2.75, 3.05) is 43.5 Å². The molecule has 0 aliphatic carbocycles. The van der Waals surface area contributed by atoms with Crippen molar-refractivity contribution in [3.8, 4) is 17.4 Å². The summed E-state index contributed by atoms with van der Waals surface area (Å²) in [6.45, 7) is 11.8. The van der Waals surface area contributed by atoms with E-state index in [9.17, 15) is 18.3 Å². The van der Waals surface area contributed by atoms with Crippen LogP contribution in [0.25, 0.3) is 0 Å². The van der Waals surface area contributed by atoms with Gasteiger partial charge in [0.15, 0.2) is 17.6 Å². The fraction of sp³-hybridized carbons (Fsp3) is 0.378. The second-order valence-corrected chi connectivity index (χ2v) is 15.1. The lowest BCUT2D eigenvalue weighted by atomic mass is 9.87. The van der Waals surface area contributed by atoms with Gasteiger partial charge in [-0.3, -0.25) is 14.4 Å². The molecule has 3 N–H and O–H groups in total. The van der Waals surface area contributed by atoms with Crippen molar-refractivity contribution in [1.29, 1.82) is 0 Å². The van der Waals surface area contributed by atoms with Gasteiger partial charge < -0.3 is 24.6 Å². The SMILES string of the molecule is COc1c(O)cc(C(Oc2ccncn2)C(C(=O)Nc2ccc(C(C)C)cc2)N2CCOCC2)cc1NS(=O)(=O)c1cccc(C(C)(C)C)c1. The maximum atomic E-state index is 14.4. The molecule has 2 atom stereocenters. The number of ether oxygens (including phenoxy) is 3. The molecule has 4 aromatic rings. The number of amides is 1. The van der Waals surface area contributed by atoms with Gasteiger partial charge in [0.25, 0.3) is 10.0 Å². The van der Waals surface area contributed by atoms with Crippen LogP contribution in [-0.2, 0) is 25.0 Å². The van der Waals surface area contributed by atoms with Crippen LogP contribution in [0.5, 0.6) is 17.4 Å². The lowest BCUT2D eigenvalue weighted by Gasteiger charge is -2.38. The number of carbonyl (C=O) groups excluding carboxylic acids is 1. The molecule has 0 radical (unpaired) electrons. The van der Waals surface area contributed by atoms with Crippen LogP contribution in [0.3, 0.4) is 0 Å². The van der Waals surface area contributed by atoms with E-state index in [0.29, 0.717) is 43.5 Å². The number of hydrogen-bond acceptors (Lipinski definition) is 10. The maximum absolute atomic E-state index is 14.4.